The topological polar surface area (TPSA) is 73.3 Å². The van der Waals surface area contributed by atoms with E-state index >= 15 is 0 Å². The number of anilines is 1. The molecular formula is C31H27N3O3. The van der Waals surface area contributed by atoms with Crippen LogP contribution in [0, 0.1) is 0 Å². The molecule has 2 aromatic heterocycles. The third-order valence-electron chi connectivity index (χ3n) is 6.10. The van der Waals surface area contributed by atoms with Gasteiger partial charge in [-0.1, -0.05) is 48.5 Å². The van der Waals surface area contributed by atoms with Gasteiger partial charge in [0, 0.05) is 47.9 Å². The van der Waals surface area contributed by atoms with Crippen LogP contribution in [0.2, 0.25) is 0 Å². The molecule has 0 aliphatic heterocycles. The summed E-state index contributed by atoms with van der Waals surface area (Å²) in [4.78, 5) is 21.1. The average Bonchev–Trinajstić information content (AvgIpc) is 2.93. The van der Waals surface area contributed by atoms with E-state index in [1.807, 2.05) is 85.1 Å². The maximum atomic E-state index is 12.1. The van der Waals surface area contributed by atoms with Crippen LogP contribution in [0.15, 0.2) is 97.3 Å². The zero-order valence-electron chi connectivity index (χ0n) is 20.8. The van der Waals surface area contributed by atoms with Gasteiger partial charge < -0.3 is 14.8 Å². The van der Waals surface area contributed by atoms with E-state index in [-0.39, 0.29) is 5.91 Å². The summed E-state index contributed by atoms with van der Waals surface area (Å²) in [7, 11) is 1.65. The molecule has 0 aliphatic rings. The van der Waals surface area contributed by atoms with E-state index in [0.717, 1.165) is 38.9 Å². The minimum atomic E-state index is -0.146. The second-order valence-electron chi connectivity index (χ2n) is 8.67. The molecule has 1 N–H and O–H groups in total. The van der Waals surface area contributed by atoms with Gasteiger partial charge in [0.05, 0.1) is 18.3 Å². The molecule has 0 unspecified atom stereocenters. The van der Waals surface area contributed by atoms with E-state index in [4.69, 9.17) is 14.5 Å². The van der Waals surface area contributed by atoms with Crippen molar-refractivity contribution < 1.29 is 14.3 Å². The maximum absolute atomic E-state index is 12.1. The predicted octanol–water partition coefficient (Wildman–Crippen LogP) is 6.43. The molecule has 0 radical (unpaired) electrons. The third-order valence-corrected chi connectivity index (χ3v) is 6.10. The molecule has 5 rings (SSSR count). The minimum absolute atomic E-state index is 0.146. The number of ether oxygens (including phenoxy) is 2. The van der Waals surface area contributed by atoms with Crippen LogP contribution in [0.3, 0.4) is 0 Å². The van der Waals surface area contributed by atoms with Crippen LogP contribution < -0.4 is 14.8 Å². The second-order valence-corrected chi connectivity index (χ2v) is 8.67. The van der Waals surface area contributed by atoms with Crippen molar-refractivity contribution in [3.8, 4) is 22.6 Å². The van der Waals surface area contributed by atoms with Crippen molar-refractivity contribution in [2.75, 3.05) is 12.4 Å². The molecule has 0 spiro atoms. The van der Waals surface area contributed by atoms with E-state index in [1.165, 1.54) is 6.92 Å². The maximum Gasteiger partial charge on any atom is 0.221 e. The van der Waals surface area contributed by atoms with E-state index < -0.39 is 0 Å². The zero-order valence-corrected chi connectivity index (χ0v) is 20.8. The van der Waals surface area contributed by atoms with Crippen LogP contribution in [0.25, 0.3) is 22.0 Å². The Morgan fingerprint density at radius 2 is 1.73 bits per heavy atom. The molecule has 1 amide bonds. The Balaban J connectivity index is 1.62. The van der Waals surface area contributed by atoms with Gasteiger partial charge in [0.1, 0.15) is 18.1 Å². The van der Waals surface area contributed by atoms with Crippen LogP contribution in [0.4, 0.5) is 5.69 Å². The Kier molecular flexibility index (Phi) is 7.08. The fourth-order valence-corrected chi connectivity index (χ4v) is 4.43. The number of methoxy groups -OCH3 is 1. The lowest BCUT2D eigenvalue weighted by molar-refractivity contribution is -0.114. The molecule has 37 heavy (non-hydrogen) atoms. The van der Waals surface area contributed by atoms with E-state index in [2.05, 4.69) is 16.4 Å². The number of nitrogens with zero attached hydrogens (tertiary/aromatic N) is 2. The molecular weight excluding hydrogens is 462 g/mol. The minimum Gasteiger partial charge on any atom is -0.496 e. The Labute approximate surface area is 215 Å². The molecule has 0 fully saturated rings. The lowest BCUT2D eigenvalue weighted by atomic mass is 9.92. The molecule has 0 saturated heterocycles. The number of carbonyl (C=O) groups is 1. The Hall–Kier alpha value is -4.71. The van der Waals surface area contributed by atoms with Gasteiger partial charge in [0.15, 0.2) is 0 Å². The number of rotatable bonds is 8. The van der Waals surface area contributed by atoms with E-state index in [1.54, 1.807) is 13.3 Å². The Bertz CT molecular complexity index is 1550. The molecule has 6 heteroatoms. The first kappa shape index (κ1) is 24.0. The highest BCUT2D eigenvalue weighted by Crippen LogP contribution is 2.43. The molecule has 0 aliphatic carbocycles. The number of hydrogen-bond donors (Lipinski definition) is 1. The number of pyridine rings is 2. The van der Waals surface area contributed by atoms with Crippen LogP contribution in [-0.2, 0) is 17.8 Å². The van der Waals surface area contributed by atoms with Crippen molar-refractivity contribution in [1.82, 2.24) is 9.97 Å². The number of aromatic nitrogens is 2. The summed E-state index contributed by atoms with van der Waals surface area (Å²) in [6, 6.07) is 27.6. The van der Waals surface area contributed by atoms with Crippen LogP contribution >= 0.6 is 0 Å². The molecule has 184 valence electrons. The number of fused-ring (bicyclic) bond motifs is 1. The van der Waals surface area contributed by atoms with Crippen molar-refractivity contribution in [3.05, 3.63) is 114 Å². The number of nitrogens with one attached hydrogen (secondary N) is 1. The van der Waals surface area contributed by atoms with Gasteiger partial charge in [-0.25, -0.2) is 4.98 Å². The number of benzene rings is 3. The quantitative estimate of drug-likeness (QED) is 0.272. The first-order valence-corrected chi connectivity index (χ1v) is 12.1. The van der Waals surface area contributed by atoms with Gasteiger partial charge in [-0.05, 0) is 47.5 Å². The molecule has 0 bridgehead atoms. The van der Waals surface area contributed by atoms with Crippen LogP contribution in [-0.4, -0.2) is 23.0 Å². The monoisotopic (exact) mass is 489 g/mol. The first-order valence-electron chi connectivity index (χ1n) is 12.1. The first-order chi connectivity index (χ1) is 18.1. The lowest BCUT2D eigenvalue weighted by Crippen LogP contribution is -2.11. The lowest BCUT2D eigenvalue weighted by Gasteiger charge is -2.21. The summed E-state index contributed by atoms with van der Waals surface area (Å²) in [5, 5.41) is 4.08. The number of hydrogen-bond acceptors (Lipinski definition) is 5. The fraction of sp³-hybridized carbons (Fsp3) is 0.129. The van der Waals surface area contributed by atoms with Crippen LogP contribution in [0.5, 0.6) is 11.5 Å². The second kappa shape index (κ2) is 10.9. The number of para-hydroxylation sites is 2. The summed E-state index contributed by atoms with van der Waals surface area (Å²) in [5.74, 6) is 1.24. The SMILES string of the molecule is COc1ccccc1-c1c(OCc2ccc3ccccc3n2)ccc(NC(C)=O)c1Cc1cccnc1. The largest absolute Gasteiger partial charge is 0.496 e. The number of carbonyl (C=O) groups excluding carboxylic acids is 1. The number of amides is 1. The molecule has 0 saturated carbocycles. The summed E-state index contributed by atoms with van der Waals surface area (Å²) >= 11 is 0. The van der Waals surface area contributed by atoms with Crippen molar-refractivity contribution in [2.45, 2.75) is 20.0 Å². The molecule has 2 heterocycles. The normalized spacial score (nSPS) is 10.8. The summed E-state index contributed by atoms with van der Waals surface area (Å²) < 4.78 is 12.1. The third kappa shape index (κ3) is 5.43. The highest BCUT2D eigenvalue weighted by Gasteiger charge is 2.21. The smallest absolute Gasteiger partial charge is 0.221 e. The van der Waals surface area contributed by atoms with Crippen LogP contribution in [0.1, 0.15) is 23.7 Å². The molecule has 0 atom stereocenters. The summed E-state index contributed by atoms with van der Waals surface area (Å²) in [6.45, 7) is 1.80. The van der Waals surface area contributed by atoms with Gasteiger partial charge in [0.25, 0.3) is 0 Å². The molecule has 6 nitrogen and oxygen atoms in total. The van der Waals surface area contributed by atoms with Gasteiger partial charge in [-0.15, -0.1) is 0 Å². The molecule has 3 aromatic carbocycles. The Morgan fingerprint density at radius 3 is 2.54 bits per heavy atom. The van der Waals surface area contributed by atoms with Gasteiger partial charge in [0.2, 0.25) is 5.91 Å². The zero-order chi connectivity index (χ0) is 25.6. The van der Waals surface area contributed by atoms with Gasteiger partial charge >= 0.3 is 0 Å². The predicted molar refractivity (Wildman–Crippen MR) is 146 cm³/mol. The van der Waals surface area contributed by atoms with Crippen molar-refractivity contribution in [1.29, 1.82) is 0 Å². The fourth-order valence-electron chi connectivity index (χ4n) is 4.43. The Morgan fingerprint density at radius 1 is 0.892 bits per heavy atom. The van der Waals surface area contributed by atoms with Crippen molar-refractivity contribution in [3.63, 3.8) is 0 Å². The highest BCUT2D eigenvalue weighted by molar-refractivity contribution is 5.93. The van der Waals surface area contributed by atoms with E-state index in [9.17, 15) is 4.79 Å². The van der Waals surface area contributed by atoms with Crippen molar-refractivity contribution >= 4 is 22.5 Å². The van der Waals surface area contributed by atoms with E-state index in [0.29, 0.717) is 30.2 Å². The summed E-state index contributed by atoms with van der Waals surface area (Å²) in [5.41, 5.74) is 6.12. The highest BCUT2D eigenvalue weighted by atomic mass is 16.5. The molecule has 5 aromatic rings. The van der Waals surface area contributed by atoms with Gasteiger partial charge in [-0.3, -0.25) is 9.78 Å². The summed E-state index contributed by atoms with van der Waals surface area (Å²) in [6.07, 6.45) is 4.12. The van der Waals surface area contributed by atoms with Crippen molar-refractivity contribution in [2.24, 2.45) is 0 Å². The standard InChI is InChI=1S/C31H27N3O3/c1-21(35)33-28-15-16-30(37-20-24-14-13-23-9-3-5-11-27(23)34-24)31(25-10-4-6-12-29(25)36-2)26(28)18-22-8-7-17-32-19-22/h3-17,19H,18,20H2,1-2H3,(H,33,35). The average molecular weight is 490 g/mol. The van der Waals surface area contributed by atoms with Gasteiger partial charge in [-0.2, -0.15) is 0 Å².